The van der Waals surface area contributed by atoms with Crippen LogP contribution in [0.25, 0.3) is 0 Å². The molecule has 2 fully saturated rings. The van der Waals surface area contributed by atoms with E-state index in [2.05, 4.69) is 29.4 Å². The van der Waals surface area contributed by atoms with E-state index in [1.807, 2.05) is 35.2 Å². The number of para-hydroxylation sites is 1. The molecule has 1 aromatic carbocycles. The molecule has 0 aliphatic carbocycles. The minimum Gasteiger partial charge on any atom is -0.357 e. The molecule has 0 spiro atoms. The number of carbonyl (C=O) groups excluding carboxylic acids is 1. The quantitative estimate of drug-likeness (QED) is 0.569. The standard InChI is InChI=1S/C21H33N5O/c1-3-11-25-12-10-17(15-25)14-23-21(22-4-2)24-18-13-20(27)26(16-18)19-8-6-5-7-9-19/h5-9,17-18H,3-4,10-16H2,1-2H3,(H2,22,23,24). The number of amides is 1. The van der Waals surface area contributed by atoms with Gasteiger partial charge >= 0.3 is 0 Å². The summed E-state index contributed by atoms with van der Waals surface area (Å²) in [7, 11) is 0. The summed E-state index contributed by atoms with van der Waals surface area (Å²) in [5.41, 5.74) is 0.968. The second-order valence-electron chi connectivity index (χ2n) is 7.56. The predicted octanol–water partition coefficient (Wildman–Crippen LogP) is 2.08. The van der Waals surface area contributed by atoms with Gasteiger partial charge in [0.1, 0.15) is 0 Å². The molecule has 0 aromatic heterocycles. The maximum absolute atomic E-state index is 12.4. The normalized spacial score (nSPS) is 23.9. The molecule has 1 aromatic rings. The molecule has 2 atom stereocenters. The fourth-order valence-electron chi connectivity index (χ4n) is 3.98. The van der Waals surface area contributed by atoms with E-state index < -0.39 is 0 Å². The Bertz CT molecular complexity index is 633. The molecule has 6 nitrogen and oxygen atoms in total. The Morgan fingerprint density at radius 3 is 2.78 bits per heavy atom. The zero-order chi connectivity index (χ0) is 19.1. The van der Waals surface area contributed by atoms with Crippen molar-refractivity contribution in [3.8, 4) is 0 Å². The van der Waals surface area contributed by atoms with Crippen LogP contribution in [0.1, 0.15) is 33.1 Å². The van der Waals surface area contributed by atoms with E-state index in [4.69, 9.17) is 4.99 Å². The van der Waals surface area contributed by atoms with Crippen LogP contribution in [0.15, 0.2) is 35.3 Å². The summed E-state index contributed by atoms with van der Waals surface area (Å²) < 4.78 is 0. The Morgan fingerprint density at radius 1 is 1.22 bits per heavy atom. The number of rotatable bonds is 7. The molecule has 1 amide bonds. The molecule has 2 unspecified atom stereocenters. The van der Waals surface area contributed by atoms with Gasteiger partial charge in [-0.05, 0) is 50.9 Å². The van der Waals surface area contributed by atoms with Crippen LogP contribution in [0.2, 0.25) is 0 Å². The number of guanidine groups is 1. The molecule has 2 aliphatic heterocycles. The summed E-state index contributed by atoms with van der Waals surface area (Å²) >= 11 is 0. The maximum Gasteiger partial charge on any atom is 0.229 e. The highest BCUT2D eigenvalue weighted by Gasteiger charge is 2.31. The molecular formula is C21H33N5O. The highest BCUT2D eigenvalue weighted by atomic mass is 16.2. The lowest BCUT2D eigenvalue weighted by Gasteiger charge is -2.19. The van der Waals surface area contributed by atoms with Gasteiger partial charge < -0.3 is 20.4 Å². The lowest BCUT2D eigenvalue weighted by Crippen LogP contribution is -2.45. The van der Waals surface area contributed by atoms with Crippen LogP contribution in [0, 0.1) is 5.92 Å². The van der Waals surface area contributed by atoms with E-state index in [9.17, 15) is 4.79 Å². The van der Waals surface area contributed by atoms with E-state index in [0.717, 1.165) is 31.3 Å². The van der Waals surface area contributed by atoms with Crippen LogP contribution >= 0.6 is 0 Å². The number of nitrogens with one attached hydrogen (secondary N) is 2. The maximum atomic E-state index is 12.4. The first-order chi connectivity index (χ1) is 13.2. The molecule has 2 N–H and O–H groups in total. The van der Waals surface area contributed by atoms with Crippen molar-refractivity contribution >= 4 is 17.6 Å². The van der Waals surface area contributed by atoms with Crippen molar-refractivity contribution in [3.05, 3.63) is 30.3 Å². The molecule has 0 radical (unpaired) electrons. The number of aliphatic imine (C=N–C) groups is 1. The van der Waals surface area contributed by atoms with Crippen molar-refractivity contribution < 1.29 is 4.79 Å². The van der Waals surface area contributed by atoms with Crippen molar-refractivity contribution in [2.45, 2.75) is 39.2 Å². The molecule has 2 heterocycles. The average Bonchev–Trinajstić information content (AvgIpc) is 3.27. The van der Waals surface area contributed by atoms with E-state index >= 15 is 0 Å². The summed E-state index contributed by atoms with van der Waals surface area (Å²) in [6, 6.07) is 9.98. The molecule has 2 aliphatic rings. The lowest BCUT2D eigenvalue weighted by molar-refractivity contribution is -0.117. The third-order valence-corrected chi connectivity index (χ3v) is 5.30. The monoisotopic (exact) mass is 371 g/mol. The number of likely N-dealkylation sites (tertiary alicyclic amines) is 1. The summed E-state index contributed by atoms with van der Waals surface area (Å²) in [6.07, 6.45) is 2.95. The number of hydrogen-bond donors (Lipinski definition) is 2. The van der Waals surface area contributed by atoms with Crippen molar-refractivity contribution in [1.29, 1.82) is 0 Å². The summed E-state index contributed by atoms with van der Waals surface area (Å²) in [4.78, 5) is 21.6. The van der Waals surface area contributed by atoms with Crippen LogP contribution in [-0.4, -0.2) is 62.1 Å². The van der Waals surface area contributed by atoms with Gasteiger partial charge in [-0.3, -0.25) is 9.79 Å². The number of nitrogens with zero attached hydrogens (tertiary/aromatic N) is 3. The molecule has 0 bridgehead atoms. The minimum absolute atomic E-state index is 0.0932. The van der Waals surface area contributed by atoms with Crippen LogP contribution in [0.3, 0.4) is 0 Å². The van der Waals surface area contributed by atoms with E-state index in [1.54, 1.807) is 0 Å². The fourth-order valence-corrected chi connectivity index (χ4v) is 3.98. The van der Waals surface area contributed by atoms with E-state index in [0.29, 0.717) is 18.9 Å². The second-order valence-corrected chi connectivity index (χ2v) is 7.56. The Balaban J connectivity index is 1.54. The summed E-state index contributed by atoms with van der Waals surface area (Å²) in [5.74, 6) is 1.64. The Labute approximate surface area is 163 Å². The molecular weight excluding hydrogens is 338 g/mol. The largest absolute Gasteiger partial charge is 0.357 e. The lowest BCUT2D eigenvalue weighted by atomic mass is 10.1. The fraction of sp³-hybridized carbons (Fsp3) is 0.619. The van der Waals surface area contributed by atoms with E-state index in [-0.39, 0.29) is 11.9 Å². The Morgan fingerprint density at radius 2 is 2.04 bits per heavy atom. The first-order valence-electron chi connectivity index (χ1n) is 10.3. The molecule has 27 heavy (non-hydrogen) atoms. The van der Waals surface area contributed by atoms with Crippen LogP contribution in [0.4, 0.5) is 5.69 Å². The Hall–Kier alpha value is -2.08. The van der Waals surface area contributed by atoms with Crippen molar-refractivity contribution in [2.24, 2.45) is 10.9 Å². The highest BCUT2D eigenvalue weighted by molar-refractivity contribution is 5.97. The van der Waals surface area contributed by atoms with Gasteiger partial charge in [0, 0.05) is 38.3 Å². The number of benzene rings is 1. The van der Waals surface area contributed by atoms with Gasteiger partial charge in [-0.1, -0.05) is 25.1 Å². The number of carbonyl (C=O) groups is 1. The minimum atomic E-state index is 0.0932. The van der Waals surface area contributed by atoms with Gasteiger partial charge in [0.15, 0.2) is 5.96 Å². The van der Waals surface area contributed by atoms with Gasteiger partial charge in [-0.2, -0.15) is 0 Å². The first kappa shape index (κ1) is 19.7. The van der Waals surface area contributed by atoms with Gasteiger partial charge in [0.05, 0.1) is 6.04 Å². The van der Waals surface area contributed by atoms with Crippen molar-refractivity contribution in [1.82, 2.24) is 15.5 Å². The van der Waals surface area contributed by atoms with Crippen LogP contribution < -0.4 is 15.5 Å². The van der Waals surface area contributed by atoms with Gasteiger partial charge in [0.2, 0.25) is 5.91 Å². The van der Waals surface area contributed by atoms with E-state index in [1.165, 1.54) is 25.9 Å². The highest BCUT2D eigenvalue weighted by Crippen LogP contribution is 2.21. The van der Waals surface area contributed by atoms with Crippen molar-refractivity contribution in [3.63, 3.8) is 0 Å². The average molecular weight is 372 g/mol. The van der Waals surface area contributed by atoms with Gasteiger partial charge in [-0.15, -0.1) is 0 Å². The molecule has 2 saturated heterocycles. The van der Waals surface area contributed by atoms with Crippen molar-refractivity contribution in [2.75, 3.05) is 44.2 Å². The third kappa shape index (κ3) is 5.45. The predicted molar refractivity (Wildman–Crippen MR) is 111 cm³/mol. The topological polar surface area (TPSA) is 60.0 Å². The zero-order valence-corrected chi connectivity index (χ0v) is 16.7. The number of hydrogen-bond acceptors (Lipinski definition) is 3. The third-order valence-electron chi connectivity index (χ3n) is 5.30. The zero-order valence-electron chi connectivity index (χ0n) is 16.7. The Kier molecular flexibility index (Phi) is 7.10. The summed E-state index contributed by atoms with van der Waals surface area (Å²) in [6.45, 7) is 10.2. The number of anilines is 1. The molecule has 3 rings (SSSR count). The second kappa shape index (κ2) is 9.74. The molecule has 0 saturated carbocycles. The molecule has 148 valence electrons. The smallest absolute Gasteiger partial charge is 0.229 e. The van der Waals surface area contributed by atoms with Crippen LogP contribution in [-0.2, 0) is 4.79 Å². The van der Waals surface area contributed by atoms with Gasteiger partial charge in [0.25, 0.3) is 0 Å². The van der Waals surface area contributed by atoms with Gasteiger partial charge in [-0.25, -0.2) is 0 Å². The SMILES string of the molecule is CCCN1CCC(CN=C(NCC)NC2CC(=O)N(c3ccccc3)C2)C1. The molecule has 6 heteroatoms. The first-order valence-corrected chi connectivity index (χ1v) is 10.3. The van der Waals surface area contributed by atoms with Crippen LogP contribution in [0.5, 0.6) is 0 Å². The summed E-state index contributed by atoms with van der Waals surface area (Å²) in [5, 5.41) is 6.80.